The van der Waals surface area contributed by atoms with Crippen LogP contribution >= 0.6 is 0 Å². The molecule has 8 heteroatoms. The molecule has 1 aromatic carbocycles. The average molecular weight is 325 g/mol. The van der Waals surface area contributed by atoms with Gasteiger partial charge in [0.25, 0.3) is 0 Å². The van der Waals surface area contributed by atoms with Crippen molar-refractivity contribution in [3.63, 3.8) is 0 Å². The third kappa shape index (κ3) is 3.56. The van der Waals surface area contributed by atoms with Gasteiger partial charge in [0.05, 0.1) is 6.10 Å². The summed E-state index contributed by atoms with van der Waals surface area (Å²) < 4.78 is 64.3. The van der Waals surface area contributed by atoms with Crippen molar-refractivity contribution < 1.29 is 32.2 Å². The molecule has 1 aromatic rings. The highest BCUT2D eigenvalue weighted by Gasteiger charge is 2.54. The van der Waals surface area contributed by atoms with Crippen LogP contribution in [0.25, 0.3) is 0 Å². The zero-order valence-corrected chi connectivity index (χ0v) is 11.6. The number of halogens is 5. The lowest BCUT2D eigenvalue weighted by Gasteiger charge is -2.39. The maximum Gasteiger partial charge on any atom is 0.417 e. The number of aliphatic hydroxyl groups is 2. The lowest BCUT2D eigenvalue weighted by Crippen LogP contribution is -2.53. The van der Waals surface area contributed by atoms with E-state index in [4.69, 9.17) is 0 Å². The fourth-order valence-electron chi connectivity index (χ4n) is 2.50. The van der Waals surface area contributed by atoms with Crippen LogP contribution < -0.4 is 0 Å². The first-order valence-corrected chi connectivity index (χ1v) is 6.77. The number of alkyl halides is 3. The fraction of sp³-hybridized carbons (Fsp3) is 0.571. The van der Waals surface area contributed by atoms with E-state index in [0.717, 1.165) is 12.1 Å². The van der Waals surface area contributed by atoms with Crippen LogP contribution in [0, 0.1) is 11.6 Å². The van der Waals surface area contributed by atoms with E-state index in [1.54, 1.807) is 0 Å². The second-order valence-electron chi connectivity index (χ2n) is 5.51. The molecule has 0 saturated carbocycles. The molecule has 0 amide bonds. The van der Waals surface area contributed by atoms with Gasteiger partial charge in [0.1, 0.15) is 11.6 Å². The second kappa shape index (κ2) is 6.10. The van der Waals surface area contributed by atoms with Crippen molar-refractivity contribution in [3.8, 4) is 0 Å². The highest BCUT2D eigenvalue weighted by Crippen LogP contribution is 2.38. The molecule has 1 aliphatic heterocycles. The topological polar surface area (TPSA) is 43.7 Å². The van der Waals surface area contributed by atoms with E-state index >= 15 is 0 Å². The van der Waals surface area contributed by atoms with Crippen molar-refractivity contribution >= 4 is 0 Å². The lowest BCUT2D eigenvalue weighted by molar-refractivity contribution is -0.273. The van der Waals surface area contributed by atoms with Gasteiger partial charge in [-0.1, -0.05) is 6.07 Å². The van der Waals surface area contributed by atoms with Crippen molar-refractivity contribution in [1.82, 2.24) is 4.90 Å². The molecule has 0 aromatic heterocycles. The Balaban J connectivity index is 1.96. The largest absolute Gasteiger partial charge is 0.417 e. The molecular formula is C14H16F5NO2. The summed E-state index contributed by atoms with van der Waals surface area (Å²) in [6.45, 7) is -0.234. The Morgan fingerprint density at radius 1 is 1.18 bits per heavy atom. The molecule has 1 unspecified atom stereocenters. The average Bonchev–Trinajstić information content (AvgIpc) is 2.40. The summed E-state index contributed by atoms with van der Waals surface area (Å²) in [5, 5.41) is 19.5. The summed E-state index contributed by atoms with van der Waals surface area (Å²) in [6.07, 6.45) is -6.98. The Morgan fingerprint density at radius 3 is 2.27 bits per heavy atom. The van der Waals surface area contributed by atoms with Crippen LogP contribution in [0.4, 0.5) is 22.0 Å². The van der Waals surface area contributed by atoms with E-state index < -0.39 is 42.4 Å². The Bertz CT molecular complexity index is 526. The minimum absolute atomic E-state index is 0.0735. The normalized spacial score (nSPS) is 20.9. The molecule has 1 aliphatic rings. The van der Waals surface area contributed by atoms with E-state index in [-0.39, 0.29) is 25.2 Å². The van der Waals surface area contributed by atoms with Crippen LogP contribution in [0.2, 0.25) is 0 Å². The van der Waals surface area contributed by atoms with Crippen LogP contribution in [0.3, 0.4) is 0 Å². The fourth-order valence-corrected chi connectivity index (χ4v) is 2.50. The number of rotatable bonds is 3. The van der Waals surface area contributed by atoms with Gasteiger partial charge >= 0.3 is 6.18 Å². The first-order chi connectivity index (χ1) is 10.1. The summed E-state index contributed by atoms with van der Waals surface area (Å²) in [5.41, 5.74) is -2.83. The third-order valence-electron chi connectivity index (χ3n) is 3.96. The zero-order chi connectivity index (χ0) is 16.5. The second-order valence-corrected chi connectivity index (χ2v) is 5.51. The smallest absolute Gasteiger partial charge is 0.387 e. The van der Waals surface area contributed by atoms with E-state index in [1.165, 1.54) is 4.90 Å². The van der Waals surface area contributed by atoms with Gasteiger partial charge in [-0.25, -0.2) is 8.78 Å². The molecule has 0 radical (unpaired) electrons. The van der Waals surface area contributed by atoms with E-state index in [0.29, 0.717) is 6.07 Å². The molecular weight excluding hydrogens is 309 g/mol. The molecule has 3 nitrogen and oxygen atoms in total. The van der Waals surface area contributed by atoms with Crippen LogP contribution in [0.15, 0.2) is 18.2 Å². The summed E-state index contributed by atoms with van der Waals surface area (Å²) in [4.78, 5) is 1.51. The molecule has 0 spiro atoms. The summed E-state index contributed by atoms with van der Waals surface area (Å²) in [5.74, 6) is -1.68. The minimum atomic E-state index is -4.69. The Hall–Kier alpha value is -1.25. The monoisotopic (exact) mass is 325 g/mol. The van der Waals surface area contributed by atoms with Gasteiger partial charge in [-0.05, 0) is 18.9 Å². The molecule has 1 heterocycles. The van der Waals surface area contributed by atoms with Crippen molar-refractivity contribution in [3.05, 3.63) is 35.4 Å². The zero-order valence-electron chi connectivity index (χ0n) is 11.6. The van der Waals surface area contributed by atoms with Gasteiger partial charge in [-0.15, -0.1) is 0 Å². The molecule has 124 valence electrons. The van der Waals surface area contributed by atoms with Crippen molar-refractivity contribution in [1.29, 1.82) is 0 Å². The molecule has 1 saturated heterocycles. The number of nitrogens with zero attached hydrogens (tertiary/aromatic N) is 1. The maximum atomic E-state index is 13.5. The molecule has 22 heavy (non-hydrogen) atoms. The van der Waals surface area contributed by atoms with E-state index in [2.05, 4.69) is 0 Å². The van der Waals surface area contributed by atoms with Gasteiger partial charge in [-0.2, -0.15) is 13.2 Å². The number of hydrogen-bond donors (Lipinski definition) is 2. The number of hydrogen-bond acceptors (Lipinski definition) is 3. The molecule has 2 rings (SSSR count). The number of aliphatic hydroxyl groups excluding tert-OH is 1. The summed E-state index contributed by atoms with van der Waals surface area (Å²) >= 11 is 0. The van der Waals surface area contributed by atoms with Crippen LogP contribution in [0.1, 0.15) is 24.5 Å². The van der Waals surface area contributed by atoms with E-state index in [9.17, 15) is 32.2 Å². The SMILES string of the molecule is OC(CN1CCC(O)(C(F)(F)F)CC1)c1ccc(F)cc1F. The van der Waals surface area contributed by atoms with Crippen molar-refractivity contribution in [2.75, 3.05) is 19.6 Å². The van der Waals surface area contributed by atoms with Crippen molar-refractivity contribution in [2.45, 2.75) is 30.7 Å². The van der Waals surface area contributed by atoms with Crippen LogP contribution in [0.5, 0.6) is 0 Å². The van der Waals surface area contributed by atoms with Crippen LogP contribution in [-0.4, -0.2) is 46.5 Å². The molecule has 2 N–H and O–H groups in total. The molecule has 0 aliphatic carbocycles. The minimum Gasteiger partial charge on any atom is -0.387 e. The predicted octanol–water partition coefficient (Wildman–Crippen LogP) is 2.39. The Kier molecular flexibility index (Phi) is 4.74. The van der Waals surface area contributed by atoms with Crippen LogP contribution in [-0.2, 0) is 0 Å². The van der Waals surface area contributed by atoms with E-state index in [1.807, 2.05) is 0 Å². The Labute approximate surface area is 124 Å². The highest BCUT2D eigenvalue weighted by molar-refractivity contribution is 5.21. The molecule has 1 fully saturated rings. The first kappa shape index (κ1) is 17.1. The van der Waals surface area contributed by atoms with Gasteiger partial charge in [0.2, 0.25) is 0 Å². The van der Waals surface area contributed by atoms with Crippen molar-refractivity contribution in [2.24, 2.45) is 0 Å². The van der Waals surface area contributed by atoms with Gasteiger partial charge < -0.3 is 15.1 Å². The molecule has 0 bridgehead atoms. The predicted molar refractivity (Wildman–Crippen MR) is 68.0 cm³/mol. The third-order valence-corrected chi connectivity index (χ3v) is 3.96. The van der Waals surface area contributed by atoms with Gasteiger partial charge in [0.15, 0.2) is 5.60 Å². The highest BCUT2D eigenvalue weighted by atomic mass is 19.4. The standard InChI is InChI=1S/C14H16F5NO2/c15-9-1-2-10(11(16)7-9)12(21)8-20-5-3-13(22,4-6-20)14(17,18)19/h1-2,7,12,21-22H,3-6,8H2. The maximum absolute atomic E-state index is 13.5. The number of likely N-dealkylation sites (tertiary alicyclic amines) is 1. The number of β-amino-alcohol motifs (C(OH)–C–C–N with tert-alkyl or cyclic N) is 1. The summed E-state index contributed by atoms with van der Waals surface area (Å²) in [7, 11) is 0. The number of benzene rings is 1. The Morgan fingerprint density at radius 2 is 1.77 bits per heavy atom. The number of piperidine rings is 1. The van der Waals surface area contributed by atoms with Gasteiger partial charge in [0, 0.05) is 31.3 Å². The van der Waals surface area contributed by atoms with Gasteiger partial charge in [-0.3, -0.25) is 0 Å². The first-order valence-electron chi connectivity index (χ1n) is 6.77. The lowest BCUT2D eigenvalue weighted by atomic mass is 9.90. The molecule has 1 atom stereocenters. The summed E-state index contributed by atoms with van der Waals surface area (Å²) in [6, 6.07) is 2.74. The quantitative estimate of drug-likeness (QED) is 0.839.